The highest BCUT2D eigenvalue weighted by Gasteiger charge is 2.39. The third-order valence-electron chi connectivity index (χ3n) is 11.6. The molecule has 0 aromatic heterocycles. The Morgan fingerprint density at radius 1 is 0.855 bits per heavy atom. The van der Waals surface area contributed by atoms with Crippen molar-refractivity contribution in [2.75, 3.05) is 18.8 Å². The number of para-hydroxylation sites is 1. The molecular formula is C44H65N13O12. The number of benzene rings is 2. The number of hydrogen-bond acceptors (Lipinski definition) is 14. The molecular weight excluding hydrogens is 903 g/mol. The minimum absolute atomic E-state index is 0.0720. The normalized spacial score (nSPS) is 16.2. The van der Waals surface area contributed by atoms with Crippen LogP contribution in [0.3, 0.4) is 0 Å². The molecule has 2 aromatic carbocycles. The molecule has 3 rings (SSSR count). The zero-order valence-corrected chi connectivity index (χ0v) is 39.1. The van der Waals surface area contributed by atoms with Gasteiger partial charge in [-0.15, -0.1) is 0 Å². The fraction of sp³-hybridized carbons (Fsp3) is 0.523. The molecule has 1 heterocycles. The number of phenolic OH excluding ortho intramolecular Hbond substituents is 1. The molecule has 0 bridgehead atoms. The number of aliphatic imine (C=N–C) groups is 1. The number of nitro benzene ring substituents is 1. The highest BCUT2D eigenvalue weighted by Crippen LogP contribution is 2.27. The lowest BCUT2D eigenvalue weighted by Gasteiger charge is -2.30. The number of carboxylic acid groups (broad SMARTS) is 1. The summed E-state index contributed by atoms with van der Waals surface area (Å²) in [4.78, 5) is 121. The molecule has 8 atom stereocenters. The van der Waals surface area contributed by atoms with Gasteiger partial charge >= 0.3 is 11.7 Å². The zero-order chi connectivity index (χ0) is 51.5. The van der Waals surface area contributed by atoms with Crippen molar-refractivity contribution in [2.45, 2.75) is 128 Å². The van der Waals surface area contributed by atoms with Crippen LogP contribution in [0.15, 0.2) is 47.5 Å². The van der Waals surface area contributed by atoms with Crippen molar-refractivity contribution in [2.24, 2.45) is 28.1 Å². The lowest BCUT2D eigenvalue weighted by molar-refractivity contribution is -0.385. The van der Waals surface area contributed by atoms with Crippen LogP contribution >= 0.6 is 0 Å². The summed E-state index contributed by atoms with van der Waals surface area (Å²) in [6.45, 7) is 6.94. The van der Waals surface area contributed by atoms with Gasteiger partial charge in [0.2, 0.25) is 41.4 Å². The molecule has 0 saturated carbocycles. The fourth-order valence-electron chi connectivity index (χ4n) is 7.41. The molecule has 0 spiro atoms. The minimum atomic E-state index is -1.55. The third kappa shape index (κ3) is 17.2. The Morgan fingerprint density at radius 2 is 1.52 bits per heavy atom. The predicted molar refractivity (Wildman–Crippen MR) is 251 cm³/mol. The number of guanidine groups is 1. The second kappa shape index (κ2) is 26.7. The van der Waals surface area contributed by atoms with E-state index >= 15 is 0 Å². The summed E-state index contributed by atoms with van der Waals surface area (Å²) in [5.74, 6) is -7.91. The molecule has 2 aromatic rings. The maximum absolute atomic E-state index is 13.9. The van der Waals surface area contributed by atoms with E-state index in [4.69, 9.17) is 28.0 Å². The number of aromatic hydroxyl groups is 1. The lowest BCUT2D eigenvalue weighted by atomic mass is 9.97. The molecule has 0 unspecified atom stereocenters. The topological polar surface area (TPSA) is 412 Å². The van der Waals surface area contributed by atoms with Crippen molar-refractivity contribution in [3.63, 3.8) is 0 Å². The van der Waals surface area contributed by atoms with E-state index in [1.165, 1.54) is 24.8 Å². The van der Waals surface area contributed by atoms with E-state index in [1.807, 2.05) is 19.1 Å². The van der Waals surface area contributed by atoms with E-state index in [-0.39, 0.29) is 49.9 Å². The van der Waals surface area contributed by atoms with Gasteiger partial charge in [0, 0.05) is 44.2 Å². The van der Waals surface area contributed by atoms with Gasteiger partial charge in [-0.25, -0.2) is 0 Å². The summed E-state index contributed by atoms with van der Waals surface area (Å²) < 4.78 is 0. The molecule has 1 saturated heterocycles. The number of hydrogen-bond donors (Lipinski definition) is 12. The van der Waals surface area contributed by atoms with Crippen molar-refractivity contribution >= 4 is 64.7 Å². The number of likely N-dealkylation sites (tertiary alicyclic amines) is 1. The molecule has 7 amide bonds. The Bertz CT molecular complexity index is 2220. The molecule has 1 aliphatic heterocycles. The highest BCUT2D eigenvalue weighted by molar-refractivity contribution is 5.97. The first-order valence-electron chi connectivity index (χ1n) is 22.5. The molecule has 25 heteroatoms. The second-order valence-electron chi connectivity index (χ2n) is 16.8. The summed E-state index contributed by atoms with van der Waals surface area (Å²) in [7, 11) is 0. The number of amides is 7. The van der Waals surface area contributed by atoms with Gasteiger partial charge in [0.25, 0.3) is 0 Å². The number of carboxylic acids is 1. The number of nitrogen functional groups attached to an aromatic ring is 1. The highest BCUT2D eigenvalue weighted by atomic mass is 16.6. The predicted octanol–water partition coefficient (Wildman–Crippen LogP) is -1.51. The van der Waals surface area contributed by atoms with Crippen molar-refractivity contribution in [3.05, 3.63) is 63.7 Å². The van der Waals surface area contributed by atoms with Crippen LogP contribution in [0.2, 0.25) is 0 Å². The van der Waals surface area contributed by atoms with Crippen LogP contribution in [0, 0.1) is 16.0 Å². The largest absolute Gasteiger partial charge is 0.502 e. The molecule has 0 aliphatic carbocycles. The second-order valence-corrected chi connectivity index (χ2v) is 16.8. The first kappa shape index (κ1) is 55.8. The number of nitro groups is 1. The van der Waals surface area contributed by atoms with Crippen LogP contribution in [-0.4, -0.2) is 129 Å². The van der Waals surface area contributed by atoms with Crippen LogP contribution < -0.4 is 54.8 Å². The summed E-state index contributed by atoms with van der Waals surface area (Å²) in [5.41, 5.74) is 23.1. The van der Waals surface area contributed by atoms with Gasteiger partial charge in [0.05, 0.1) is 11.0 Å². The number of carbonyl (C=O) groups is 8. The van der Waals surface area contributed by atoms with Crippen LogP contribution in [0.1, 0.15) is 83.8 Å². The smallest absolute Gasteiger partial charge is 0.310 e. The number of nitrogens with two attached hydrogens (primary N) is 4. The molecule has 69 heavy (non-hydrogen) atoms. The molecule has 378 valence electrons. The number of aliphatic carboxylic acids is 1. The van der Waals surface area contributed by atoms with Gasteiger partial charge in [-0.1, -0.05) is 44.5 Å². The number of nitrogens with one attached hydrogen (secondary N) is 6. The van der Waals surface area contributed by atoms with Crippen LogP contribution in [0.4, 0.5) is 11.4 Å². The number of phenols is 1. The van der Waals surface area contributed by atoms with Crippen molar-refractivity contribution < 1.29 is 53.5 Å². The van der Waals surface area contributed by atoms with Gasteiger partial charge in [-0.2, -0.15) is 0 Å². The summed E-state index contributed by atoms with van der Waals surface area (Å²) >= 11 is 0. The van der Waals surface area contributed by atoms with Crippen molar-refractivity contribution in [1.29, 1.82) is 0 Å². The minimum Gasteiger partial charge on any atom is -0.502 e. The zero-order valence-electron chi connectivity index (χ0n) is 39.1. The Morgan fingerprint density at radius 3 is 2.14 bits per heavy atom. The van der Waals surface area contributed by atoms with Crippen molar-refractivity contribution in [1.82, 2.24) is 36.8 Å². The first-order valence-corrected chi connectivity index (χ1v) is 22.5. The first-order chi connectivity index (χ1) is 32.5. The Labute approximate surface area is 398 Å². The number of nitrogens with zero attached hydrogens (tertiary/aromatic N) is 3. The lowest BCUT2D eigenvalue weighted by Crippen LogP contribution is -2.59. The average molecular weight is 968 g/mol. The summed E-state index contributed by atoms with van der Waals surface area (Å²) in [6, 6.07) is 1.90. The van der Waals surface area contributed by atoms with E-state index in [0.29, 0.717) is 31.4 Å². The van der Waals surface area contributed by atoms with Gasteiger partial charge < -0.3 is 69.9 Å². The molecule has 25 nitrogen and oxygen atoms in total. The number of carbonyl (C=O) groups excluding carboxylic acids is 7. The SMILES string of the molecule is CC[C@H](C)[C@H](NC(=O)[C@H](CCCN=C(N)N)NCc1ccccc1N)C(=O)N[C@@H](C)C(=O)N[C@@H](C)C(=O)N1CCC[C@H]1C(=O)N[C@@H](Cc1ccc(O)c([N+](=O)[O-])c1)C(=O)N[C@@H](CCC(=O)O)C(N)=O. The Balaban J connectivity index is 1.72. The maximum atomic E-state index is 13.9. The fourth-order valence-corrected chi connectivity index (χ4v) is 7.41. The van der Waals surface area contributed by atoms with Crippen LogP contribution in [0.5, 0.6) is 5.75 Å². The van der Waals surface area contributed by atoms with E-state index in [0.717, 1.165) is 17.7 Å². The van der Waals surface area contributed by atoms with E-state index in [2.05, 4.69) is 36.9 Å². The van der Waals surface area contributed by atoms with E-state index in [9.17, 15) is 53.6 Å². The summed E-state index contributed by atoms with van der Waals surface area (Å²) in [5, 5.41) is 46.6. The third-order valence-corrected chi connectivity index (χ3v) is 11.6. The standard InChI is InChI=1S/C44H65N13O12/c1-5-23(2)36(55-39(63)30(12-8-18-49-44(47)48)50-22-27-10-6-7-11-28(27)45)42(66)51-24(3)38(62)52-25(4)43(67)56-19-9-13-32(56)41(65)54-31(20-26-14-16-34(58)33(21-26)57(68)69)40(64)53-29(37(46)61)15-17-35(59)60/h6-7,10-11,14,16,21,23-25,29-32,36,50,58H,5,8-9,12-13,15,17-20,22,45H2,1-4H3,(H2,46,61)(H,51,66)(H,52,62)(H,53,64)(H,54,65)(H,55,63)(H,59,60)(H4,47,48,49)/t23-,24-,25-,29-,30-,31-,32-,36-/m0/s1. The number of anilines is 1. The number of primary amides is 1. The van der Waals surface area contributed by atoms with Gasteiger partial charge in [0.15, 0.2) is 11.7 Å². The van der Waals surface area contributed by atoms with Crippen molar-refractivity contribution in [3.8, 4) is 5.75 Å². The van der Waals surface area contributed by atoms with Crippen LogP contribution in [-0.2, 0) is 51.3 Å². The van der Waals surface area contributed by atoms with E-state index < -0.39 is 119 Å². The van der Waals surface area contributed by atoms with Gasteiger partial charge in [0.1, 0.15) is 36.3 Å². The molecule has 16 N–H and O–H groups in total. The average Bonchev–Trinajstić information content (AvgIpc) is 3.79. The van der Waals surface area contributed by atoms with Crippen LogP contribution in [0.25, 0.3) is 0 Å². The molecule has 1 fully saturated rings. The molecule has 0 radical (unpaired) electrons. The summed E-state index contributed by atoms with van der Waals surface area (Å²) in [6.07, 6.45) is 0.321. The molecule has 1 aliphatic rings. The van der Waals surface area contributed by atoms with E-state index in [1.54, 1.807) is 19.1 Å². The van der Waals surface area contributed by atoms with Gasteiger partial charge in [-0.05, 0) is 75.1 Å². The number of rotatable bonds is 27. The maximum Gasteiger partial charge on any atom is 0.310 e. The Hall–Kier alpha value is -7.57. The monoisotopic (exact) mass is 967 g/mol. The Kier molecular flexibility index (Phi) is 21.6. The quantitative estimate of drug-likeness (QED) is 0.0121. The van der Waals surface area contributed by atoms with Gasteiger partial charge in [-0.3, -0.25) is 53.5 Å².